The van der Waals surface area contributed by atoms with Crippen LogP contribution in [0, 0.1) is 23.6 Å². The van der Waals surface area contributed by atoms with Crippen LogP contribution in [0.25, 0.3) is 0 Å². The van der Waals surface area contributed by atoms with Gasteiger partial charge in [-0.1, -0.05) is 32.0 Å². The molecular formula is C17H26FN. The van der Waals surface area contributed by atoms with E-state index in [0.717, 1.165) is 17.4 Å². The van der Waals surface area contributed by atoms with Gasteiger partial charge in [0.15, 0.2) is 0 Å². The second-order valence-corrected chi connectivity index (χ2v) is 6.89. The summed E-state index contributed by atoms with van der Waals surface area (Å²) in [5, 5.41) is 0. The van der Waals surface area contributed by atoms with Crippen molar-refractivity contribution in [2.45, 2.75) is 52.0 Å². The molecule has 2 heteroatoms. The van der Waals surface area contributed by atoms with E-state index in [4.69, 9.17) is 5.73 Å². The molecule has 0 bridgehead atoms. The van der Waals surface area contributed by atoms with E-state index in [1.54, 1.807) is 6.07 Å². The monoisotopic (exact) mass is 263 g/mol. The highest BCUT2D eigenvalue weighted by Crippen LogP contribution is 2.39. The van der Waals surface area contributed by atoms with Crippen molar-refractivity contribution in [3.8, 4) is 0 Å². The van der Waals surface area contributed by atoms with Crippen molar-refractivity contribution < 1.29 is 4.39 Å². The Morgan fingerprint density at radius 2 is 1.74 bits per heavy atom. The highest BCUT2D eigenvalue weighted by Gasteiger charge is 2.36. The fraction of sp³-hybridized carbons (Fsp3) is 0.647. The van der Waals surface area contributed by atoms with Gasteiger partial charge in [0.1, 0.15) is 5.82 Å². The Balaban J connectivity index is 2.11. The van der Waals surface area contributed by atoms with Crippen LogP contribution < -0.4 is 5.73 Å². The van der Waals surface area contributed by atoms with Gasteiger partial charge in [-0.15, -0.1) is 0 Å². The molecule has 1 nitrogen and oxygen atoms in total. The first-order chi connectivity index (χ1) is 8.88. The maximum atomic E-state index is 13.8. The summed E-state index contributed by atoms with van der Waals surface area (Å²) in [5.41, 5.74) is 6.98. The molecule has 19 heavy (non-hydrogen) atoms. The molecular weight excluding hydrogens is 237 g/mol. The van der Waals surface area contributed by atoms with Gasteiger partial charge in [0.2, 0.25) is 0 Å². The van der Waals surface area contributed by atoms with E-state index < -0.39 is 0 Å². The smallest absolute Gasteiger partial charge is 0.126 e. The molecule has 106 valence electrons. The van der Waals surface area contributed by atoms with Crippen LogP contribution in [0.3, 0.4) is 0 Å². The van der Waals surface area contributed by atoms with Gasteiger partial charge in [0.25, 0.3) is 0 Å². The molecule has 2 N–H and O–H groups in total. The molecule has 0 heterocycles. The lowest BCUT2D eigenvalue weighted by molar-refractivity contribution is 0.144. The predicted octanol–water partition coefficient (Wildman–Crippen LogP) is 4.16. The molecule has 1 fully saturated rings. The summed E-state index contributed by atoms with van der Waals surface area (Å²) < 4.78 is 13.8. The van der Waals surface area contributed by atoms with Crippen LogP contribution in [0.1, 0.15) is 45.6 Å². The minimum absolute atomic E-state index is 0.129. The zero-order valence-electron chi connectivity index (χ0n) is 12.3. The number of nitrogens with two attached hydrogens (primary N) is 1. The van der Waals surface area contributed by atoms with E-state index in [2.05, 4.69) is 20.8 Å². The van der Waals surface area contributed by atoms with Crippen LogP contribution >= 0.6 is 0 Å². The largest absolute Gasteiger partial charge is 0.325 e. The SMILES string of the molecule is CC1CC(C)CC(C(C)(N)Cc2ccccc2F)C1. The molecule has 0 aromatic heterocycles. The van der Waals surface area contributed by atoms with Gasteiger partial charge in [0.05, 0.1) is 0 Å². The Morgan fingerprint density at radius 1 is 1.16 bits per heavy atom. The third-order valence-corrected chi connectivity index (χ3v) is 4.64. The van der Waals surface area contributed by atoms with Crippen LogP contribution in [-0.2, 0) is 6.42 Å². The fourth-order valence-corrected chi connectivity index (χ4v) is 3.68. The number of hydrogen-bond acceptors (Lipinski definition) is 1. The molecule has 1 aromatic rings. The average molecular weight is 263 g/mol. The van der Waals surface area contributed by atoms with Gasteiger partial charge >= 0.3 is 0 Å². The molecule has 1 aliphatic carbocycles. The van der Waals surface area contributed by atoms with Crippen molar-refractivity contribution in [1.82, 2.24) is 0 Å². The highest BCUT2D eigenvalue weighted by atomic mass is 19.1. The molecule has 0 aliphatic heterocycles. The van der Waals surface area contributed by atoms with Gasteiger partial charge in [-0.05, 0) is 62.0 Å². The number of rotatable bonds is 3. The van der Waals surface area contributed by atoms with Gasteiger partial charge < -0.3 is 5.73 Å². The molecule has 0 radical (unpaired) electrons. The summed E-state index contributed by atoms with van der Waals surface area (Å²) in [5.74, 6) is 1.83. The van der Waals surface area contributed by atoms with Crippen LogP contribution in [0.4, 0.5) is 4.39 Å². The Hall–Kier alpha value is -0.890. The fourth-order valence-electron chi connectivity index (χ4n) is 3.68. The number of benzene rings is 1. The Bertz CT molecular complexity index is 417. The lowest BCUT2D eigenvalue weighted by atomic mass is 9.67. The lowest BCUT2D eigenvalue weighted by Gasteiger charge is -2.41. The first-order valence-corrected chi connectivity index (χ1v) is 7.40. The van der Waals surface area contributed by atoms with Gasteiger partial charge in [-0.25, -0.2) is 4.39 Å². The quantitative estimate of drug-likeness (QED) is 0.870. The van der Waals surface area contributed by atoms with Crippen molar-refractivity contribution >= 4 is 0 Å². The second-order valence-electron chi connectivity index (χ2n) is 6.89. The van der Waals surface area contributed by atoms with E-state index in [-0.39, 0.29) is 11.4 Å². The summed E-state index contributed by atoms with van der Waals surface area (Å²) in [6.07, 6.45) is 4.27. The maximum absolute atomic E-state index is 13.8. The average Bonchev–Trinajstić information content (AvgIpc) is 2.31. The number of hydrogen-bond donors (Lipinski definition) is 1. The van der Waals surface area contributed by atoms with E-state index >= 15 is 0 Å². The minimum Gasteiger partial charge on any atom is -0.325 e. The van der Waals surface area contributed by atoms with E-state index in [1.165, 1.54) is 25.3 Å². The zero-order chi connectivity index (χ0) is 14.0. The molecule has 3 unspecified atom stereocenters. The van der Waals surface area contributed by atoms with Gasteiger partial charge in [-0.3, -0.25) is 0 Å². The van der Waals surface area contributed by atoms with Gasteiger partial charge in [0, 0.05) is 5.54 Å². The number of halogens is 1. The van der Waals surface area contributed by atoms with E-state index in [1.807, 2.05) is 12.1 Å². The Morgan fingerprint density at radius 3 is 2.32 bits per heavy atom. The summed E-state index contributed by atoms with van der Waals surface area (Å²) in [6, 6.07) is 7.01. The predicted molar refractivity (Wildman–Crippen MR) is 78.4 cm³/mol. The minimum atomic E-state index is -0.314. The molecule has 2 rings (SSSR count). The molecule has 0 amide bonds. The normalized spacial score (nSPS) is 30.9. The van der Waals surface area contributed by atoms with Crippen LogP contribution in [-0.4, -0.2) is 5.54 Å². The molecule has 1 aliphatic rings. The van der Waals surface area contributed by atoms with Crippen molar-refractivity contribution in [2.24, 2.45) is 23.5 Å². The zero-order valence-corrected chi connectivity index (χ0v) is 12.3. The maximum Gasteiger partial charge on any atom is 0.126 e. The lowest BCUT2D eigenvalue weighted by Crippen LogP contribution is -2.48. The standard InChI is InChI=1S/C17H26FN/c1-12-8-13(2)10-15(9-12)17(3,19)11-14-6-4-5-7-16(14)18/h4-7,12-13,15H,8-11,19H2,1-3H3. The Kier molecular flexibility index (Phi) is 4.29. The van der Waals surface area contributed by atoms with Crippen molar-refractivity contribution in [3.63, 3.8) is 0 Å². The summed E-state index contributed by atoms with van der Waals surface area (Å²) in [6.45, 7) is 6.71. The van der Waals surface area contributed by atoms with E-state index in [0.29, 0.717) is 12.3 Å². The topological polar surface area (TPSA) is 26.0 Å². The molecule has 3 atom stereocenters. The van der Waals surface area contributed by atoms with Crippen molar-refractivity contribution in [1.29, 1.82) is 0 Å². The van der Waals surface area contributed by atoms with Crippen LogP contribution in [0.15, 0.2) is 24.3 Å². The van der Waals surface area contributed by atoms with Crippen molar-refractivity contribution in [3.05, 3.63) is 35.6 Å². The van der Waals surface area contributed by atoms with Crippen LogP contribution in [0.2, 0.25) is 0 Å². The first-order valence-electron chi connectivity index (χ1n) is 7.40. The molecule has 1 saturated carbocycles. The molecule has 1 aromatic carbocycles. The second kappa shape index (κ2) is 5.62. The summed E-state index contributed by atoms with van der Waals surface area (Å²) in [4.78, 5) is 0. The third kappa shape index (κ3) is 3.56. The highest BCUT2D eigenvalue weighted by molar-refractivity contribution is 5.20. The summed E-state index contributed by atoms with van der Waals surface area (Å²) >= 11 is 0. The van der Waals surface area contributed by atoms with Crippen molar-refractivity contribution in [2.75, 3.05) is 0 Å². The molecule has 0 spiro atoms. The summed E-state index contributed by atoms with van der Waals surface area (Å²) in [7, 11) is 0. The first kappa shape index (κ1) is 14.5. The van der Waals surface area contributed by atoms with E-state index in [9.17, 15) is 4.39 Å². The Labute approximate surface area is 116 Å². The van der Waals surface area contributed by atoms with Crippen LogP contribution in [0.5, 0.6) is 0 Å². The molecule has 0 saturated heterocycles. The third-order valence-electron chi connectivity index (χ3n) is 4.64. The van der Waals surface area contributed by atoms with Gasteiger partial charge in [-0.2, -0.15) is 0 Å².